The lowest BCUT2D eigenvalue weighted by Gasteiger charge is -2.33. The van der Waals surface area contributed by atoms with Crippen molar-refractivity contribution in [2.75, 3.05) is 13.1 Å². The number of amides is 1. The molecule has 2 aromatic rings. The minimum Gasteiger partial charge on any atom is -0.481 e. The molecule has 1 heterocycles. The Morgan fingerprint density at radius 2 is 1.56 bits per heavy atom. The van der Waals surface area contributed by atoms with E-state index in [0.717, 1.165) is 5.56 Å². The first-order chi connectivity index (χ1) is 19.1. The summed E-state index contributed by atoms with van der Waals surface area (Å²) in [5.41, 5.74) is 9.29. The first kappa shape index (κ1) is 32.3. The van der Waals surface area contributed by atoms with Crippen molar-refractivity contribution in [1.29, 1.82) is 5.41 Å². The van der Waals surface area contributed by atoms with Gasteiger partial charge < -0.3 is 15.7 Å². The number of nitrogens with two attached hydrogens (primary N) is 1. The Morgan fingerprint density at radius 1 is 1.00 bits per heavy atom. The number of likely N-dealkylation sites (tertiary alicyclic amines) is 1. The van der Waals surface area contributed by atoms with Crippen LogP contribution < -0.4 is 10.5 Å². The van der Waals surface area contributed by atoms with Crippen molar-refractivity contribution < 1.29 is 23.1 Å². The van der Waals surface area contributed by atoms with Gasteiger partial charge in [-0.05, 0) is 65.3 Å². The van der Waals surface area contributed by atoms with Gasteiger partial charge in [0.1, 0.15) is 11.9 Å². The van der Waals surface area contributed by atoms with E-state index in [1.54, 1.807) is 29.2 Å². The van der Waals surface area contributed by atoms with E-state index in [1.807, 2.05) is 39.8 Å². The van der Waals surface area contributed by atoms with Gasteiger partial charge in [-0.2, -0.15) is 4.72 Å². The number of hydrogen-bond acceptors (Lipinski definition) is 5. The monoisotopic (exact) mass is 584 g/mol. The van der Waals surface area contributed by atoms with Crippen molar-refractivity contribution in [2.24, 2.45) is 11.7 Å². The molecular weight excluding hydrogens is 540 g/mol. The molecule has 2 aromatic carbocycles. The molecule has 0 radical (unpaired) electrons. The third-order valence-corrected chi connectivity index (χ3v) is 9.38. The highest BCUT2D eigenvalue weighted by atomic mass is 32.2. The van der Waals surface area contributed by atoms with Crippen molar-refractivity contribution in [1.82, 2.24) is 9.62 Å². The number of hydrogen-bond donors (Lipinski definition) is 4. The number of nitrogens with one attached hydrogen (secondary N) is 2. The average Bonchev–Trinajstić information content (AvgIpc) is 2.91. The van der Waals surface area contributed by atoms with E-state index in [9.17, 15) is 23.1 Å². The Kier molecular flexibility index (Phi) is 10.4. The fourth-order valence-electron chi connectivity index (χ4n) is 5.29. The maximum absolute atomic E-state index is 14.3. The van der Waals surface area contributed by atoms with Gasteiger partial charge in [0.25, 0.3) is 0 Å². The lowest BCUT2D eigenvalue weighted by Crippen LogP contribution is -2.52. The van der Waals surface area contributed by atoms with E-state index < -0.39 is 33.9 Å². The minimum atomic E-state index is -4.17. The van der Waals surface area contributed by atoms with Gasteiger partial charge in [0.15, 0.2) is 0 Å². The molecule has 1 saturated heterocycles. The van der Waals surface area contributed by atoms with E-state index in [2.05, 4.69) is 18.6 Å². The molecule has 9 nitrogen and oxygen atoms in total. The fourth-order valence-corrected chi connectivity index (χ4v) is 7.18. The molecule has 0 bridgehead atoms. The smallest absolute Gasteiger partial charge is 0.306 e. The maximum Gasteiger partial charge on any atom is 0.306 e. The molecule has 0 saturated carbocycles. The maximum atomic E-state index is 14.3. The van der Waals surface area contributed by atoms with Crippen LogP contribution in [0.5, 0.6) is 0 Å². The fraction of sp³-hybridized carbons (Fsp3) is 0.516. The molecule has 224 valence electrons. The van der Waals surface area contributed by atoms with Crippen LogP contribution in [0.3, 0.4) is 0 Å². The molecule has 1 atom stereocenters. The van der Waals surface area contributed by atoms with Gasteiger partial charge in [0, 0.05) is 18.7 Å². The number of carboxylic acids is 1. The second-order valence-corrected chi connectivity index (χ2v) is 13.6. The predicted molar refractivity (Wildman–Crippen MR) is 161 cm³/mol. The highest BCUT2D eigenvalue weighted by molar-refractivity contribution is 7.89. The Hall–Kier alpha value is -3.24. The van der Waals surface area contributed by atoms with E-state index in [1.165, 1.54) is 0 Å². The third kappa shape index (κ3) is 7.74. The summed E-state index contributed by atoms with van der Waals surface area (Å²) in [6.45, 7) is 12.5. The summed E-state index contributed by atoms with van der Waals surface area (Å²) in [7, 11) is -4.17. The zero-order chi connectivity index (χ0) is 30.6. The summed E-state index contributed by atoms with van der Waals surface area (Å²) >= 11 is 0. The van der Waals surface area contributed by atoms with Gasteiger partial charge >= 0.3 is 5.97 Å². The minimum absolute atomic E-state index is 0.0517. The second-order valence-electron chi connectivity index (χ2n) is 11.9. The SMILES string of the molecule is CC(C)c1cc(C(C)C)c(S(=O)(=O)NC(Cc2cccc(C(=N)N)c2)C(=O)N2CCC(C(=O)O)CC2)c(C(C)C)c1. The Bertz CT molecular complexity index is 1360. The van der Waals surface area contributed by atoms with Crippen LogP contribution in [0, 0.1) is 11.3 Å². The summed E-state index contributed by atoms with van der Waals surface area (Å²) in [6, 6.07) is 9.65. The molecule has 1 fully saturated rings. The molecule has 0 aromatic heterocycles. The molecule has 0 spiro atoms. The van der Waals surface area contributed by atoms with Crippen molar-refractivity contribution in [3.05, 3.63) is 64.2 Å². The molecule has 1 aliphatic rings. The number of carbonyl (C=O) groups is 2. The van der Waals surface area contributed by atoms with Crippen LogP contribution in [-0.4, -0.2) is 55.3 Å². The number of benzene rings is 2. The standard InChI is InChI=1S/C31H44N4O5S/c1-18(2)24-16-25(19(3)4)28(26(17-24)20(5)6)41(39,40)34-27(15-21-8-7-9-23(14-21)29(32)33)30(36)35-12-10-22(11-13-35)31(37)38/h7-9,14,16-20,22,27,34H,10-13,15H2,1-6H3,(H3,32,33)(H,37,38). The highest BCUT2D eigenvalue weighted by Crippen LogP contribution is 2.35. The molecule has 1 unspecified atom stereocenters. The van der Waals surface area contributed by atoms with Crippen LogP contribution in [0.25, 0.3) is 0 Å². The number of carbonyl (C=O) groups excluding carboxylic acids is 1. The molecule has 41 heavy (non-hydrogen) atoms. The Balaban J connectivity index is 2.07. The zero-order valence-electron chi connectivity index (χ0n) is 24.9. The van der Waals surface area contributed by atoms with Crippen molar-refractivity contribution in [3.63, 3.8) is 0 Å². The third-order valence-electron chi connectivity index (χ3n) is 7.78. The summed E-state index contributed by atoms with van der Waals surface area (Å²) in [5.74, 6) is -1.87. The summed E-state index contributed by atoms with van der Waals surface area (Å²) in [5, 5.41) is 17.2. The van der Waals surface area contributed by atoms with Crippen LogP contribution >= 0.6 is 0 Å². The predicted octanol–water partition coefficient (Wildman–Crippen LogP) is 4.55. The molecular formula is C31H44N4O5S. The van der Waals surface area contributed by atoms with Crippen molar-refractivity contribution in [3.8, 4) is 0 Å². The number of amidine groups is 1. The van der Waals surface area contributed by atoms with E-state index >= 15 is 0 Å². The molecule has 10 heteroatoms. The van der Waals surface area contributed by atoms with Gasteiger partial charge in [-0.25, -0.2) is 8.42 Å². The highest BCUT2D eigenvalue weighted by Gasteiger charge is 2.35. The second kappa shape index (κ2) is 13.2. The van der Waals surface area contributed by atoms with Gasteiger partial charge in [-0.15, -0.1) is 0 Å². The summed E-state index contributed by atoms with van der Waals surface area (Å²) < 4.78 is 31.3. The molecule has 1 aliphatic heterocycles. The number of nitrogen functional groups attached to an aromatic ring is 1. The molecule has 1 amide bonds. The van der Waals surface area contributed by atoms with Gasteiger partial charge in [0.05, 0.1) is 10.8 Å². The largest absolute Gasteiger partial charge is 0.481 e. The number of sulfonamides is 1. The quantitative estimate of drug-likeness (QED) is 0.224. The Morgan fingerprint density at radius 3 is 2.02 bits per heavy atom. The lowest BCUT2D eigenvalue weighted by atomic mass is 9.89. The van der Waals surface area contributed by atoms with Crippen molar-refractivity contribution >= 4 is 27.7 Å². The molecule has 0 aliphatic carbocycles. The van der Waals surface area contributed by atoms with Crippen LogP contribution in [0.1, 0.15) is 100.0 Å². The van der Waals surface area contributed by atoms with Crippen LogP contribution in [-0.2, 0) is 26.0 Å². The van der Waals surface area contributed by atoms with Gasteiger partial charge in [-0.1, -0.05) is 71.9 Å². The number of carboxylic acid groups (broad SMARTS) is 1. The zero-order valence-corrected chi connectivity index (χ0v) is 25.7. The first-order valence-electron chi connectivity index (χ1n) is 14.3. The van der Waals surface area contributed by atoms with E-state index in [0.29, 0.717) is 35.1 Å². The molecule has 5 N–H and O–H groups in total. The lowest BCUT2D eigenvalue weighted by molar-refractivity contribution is -0.146. The molecule has 3 rings (SSSR count). The number of piperidine rings is 1. The van der Waals surface area contributed by atoms with Gasteiger partial charge in [0.2, 0.25) is 15.9 Å². The summed E-state index contributed by atoms with van der Waals surface area (Å²) in [6.07, 6.45) is 0.675. The number of nitrogens with zero attached hydrogens (tertiary/aromatic N) is 1. The number of aliphatic carboxylic acids is 1. The Labute approximate surface area is 244 Å². The summed E-state index contributed by atoms with van der Waals surface area (Å²) in [4.78, 5) is 27.1. The topological polar surface area (TPSA) is 154 Å². The van der Waals surface area contributed by atoms with E-state index in [4.69, 9.17) is 11.1 Å². The van der Waals surface area contributed by atoms with Crippen molar-refractivity contribution in [2.45, 2.75) is 89.5 Å². The van der Waals surface area contributed by atoms with Crippen LogP contribution in [0.15, 0.2) is 41.3 Å². The van der Waals surface area contributed by atoms with Crippen LogP contribution in [0.4, 0.5) is 0 Å². The van der Waals surface area contributed by atoms with Gasteiger partial charge in [-0.3, -0.25) is 15.0 Å². The van der Waals surface area contributed by atoms with Crippen LogP contribution in [0.2, 0.25) is 0 Å². The van der Waals surface area contributed by atoms with E-state index in [-0.39, 0.29) is 48.0 Å². The first-order valence-corrected chi connectivity index (χ1v) is 15.8. The average molecular weight is 585 g/mol. The number of rotatable bonds is 11. The normalized spacial score (nSPS) is 15.5.